The largest absolute Gasteiger partial charge is 0.497 e. The molecule has 0 aromatic heterocycles. The van der Waals surface area contributed by atoms with E-state index in [1.807, 2.05) is 6.08 Å². The first-order valence-corrected chi connectivity index (χ1v) is 15.8. The summed E-state index contributed by atoms with van der Waals surface area (Å²) in [5.41, 5.74) is 12.3. The fourth-order valence-electron chi connectivity index (χ4n) is 6.82. The average molecular weight is 543 g/mol. The van der Waals surface area contributed by atoms with Crippen molar-refractivity contribution in [3.63, 3.8) is 0 Å². The normalized spacial score (nSPS) is 13.0. The highest BCUT2D eigenvalue weighted by Gasteiger charge is 2.42. The molecule has 0 bridgehead atoms. The Hall–Kier alpha value is -3.58. The molecule has 4 aromatic carbocycles. The summed E-state index contributed by atoms with van der Waals surface area (Å²) in [5.74, 6) is 0.900. The second-order valence-corrected chi connectivity index (χ2v) is 11.8. The lowest BCUT2D eigenvalue weighted by Crippen LogP contribution is -2.25. The number of fused-ring (bicyclic) bond motifs is 3. The monoisotopic (exact) mass is 542 g/mol. The summed E-state index contributed by atoms with van der Waals surface area (Å²) >= 11 is 0. The maximum absolute atomic E-state index is 5.44. The zero-order chi connectivity index (χ0) is 28.7. The molecule has 0 heterocycles. The van der Waals surface area contributed by atoms with Crippen LogP contribution in [0.25, 0.3) is 39.5 Å². The predicted molar refractivity (Wildman–Crippen MR) is 178 cm³/mol. The van der Waals surface area contributed by atoms with Gasteiger partial charge in [-0.05, 0) is 87.2 Å². The zero-order valence-electron chi connectivity index (χ0n) is 25.3. The Balaban J connectivity index is 1.63. The van der Waals surface area contributed by atoms with Crippen molar-refractivity contribution in [2.45, 2.75) is 83.5 Å². The van der Waals surface area contributed by atoms with Crippen LogP contribution in [0.1, 0.15) is 94.7 Å². The minimum Gasteiger partial charge on any atom is -0.497 e. The maximum atomic E-state index is 5.44. The summed E-state index contributed by atoms with van der Waals surface area (Å²) in [6, 6.07) is 31.9. The zero-order valence-corrected chi connectivity index (χ0v) is 25.3. The molecule has 0 N–H and O–H groups in total. The first-order chi connectivity index (χ1) is 20.1. The summed E-state index contributed by atoms with van der Waals surface area (Å²) in [6.07, 6.45) is 14.6. The molecule has 1 heteroatoms. The van der Waals surface area contributed by atoms with Crippen LogP contribution >= 0.6 is 0 Å². The van der Waals surface area contributed by atoms with Gasteiger partial charge in [0.05, 0.1) is 7.11 Å². The fourth-order valence-corrected chi connectivity index (χ4v) is 6.82. The van der Waals surface area contributed by atoms with Gasteiger partial charge in [-0.15, -0.1) is 0 Å². The van der Waals surface area contributed by atoms with E-state index in [9.17, 15) is 0 Å². The molecule has 5 rings (SSSR count). The Kier molecular flexibility index (Phi) is 9.45. The second-order valence-electron chi connectivity index (χ2n) is 11.8. The number of hydrogen-bond donors (Lipinski definition) is 0. The van der Waals surface area contributed by atoms with Gasteiger partial charge in [0.25, 0.3) is 0 Å². The third-order valence-electron chi connectivity index (χ3n) is 9.18. The molecule has 0 saturated carbocycles. The lowest BCUT2D eigenvalue weighted by atomic mass is 9.70. The van der Waals surface area contributed by atoms with E-state index >= 15 is 0 Å². The Bertz CT molecular complexity index is 1430. The second kappa shape index (κ2) is 13.4. The fraction of sp³-hybridized carbons (Fsp3) is 0.350. The smallest absolute Gasteiger partial charge is 0.118 e. The van der Waals surface area contributed by atoms with Gasteiger partial charge in [-0.25, -0.2) is 0 Å². The van der Waals surface area contributed by atoms with Crippen molar-refractivity contribution in [3.8, 4) is 39.1 Å². The number of benzene rings is 4. The van der Waals surface area contributed by atoms with Crippen molar-refractivity contribution in [2.24, 2.45) is 0 Å². The van der Waals surface area contributed by atoms with Crippen LogP contribution in [0.5, 0.6) is 5.75 Å². The maximum Gasteiger partial charge on any atom is 0.118 e. The van der Waals surface area contributed by atoms with Crippen molar-refractivity contribution in [1.82, 2.24) is 0 Å². The van der Waals surface area contributed by atoms with E-state index in [-0.39, 0.29) is 5.41 Å². The van der Waals surface area contributed by atoms with E-state index in [4.69, 9.17) is 4.74 Å². The van der Waals surface area contributed by atoms with Gasteiger partial charge < -0.3 is 4.74 Å². The number of hydrogen-bond acceptors (Lipinski definition) is 1. The molecule has 0 radical (unpaired) electrons. The van der Waals surface area contributed by atoms with Gasteiger partial charge in [-0.3, -0.25) is 0 Å². The summed E-state index contributed by atoms with van der Waals surface area (Å²) in [5, 5.41) is 0. The van der Waals surface area contributed by atoms with E-state index in [1.54, 1.807) is 7.11 Å². The van der Waals surface area contributed by atoms with Gasteiger partial charge in [-0.2, -0.15) is 0 Å². The standard InChI is InChI=1S/C40H46O/c1-5-8-10-12-26-40(27-13-11-9-6-2)38-28-33(31-16-14-30(7-3)15-17-31)20-24-36(38)37-25-21-34(29-39(37)40)32-18-22-35(41-4)23-19-32/h7,14-25,28-29H,3,5-6,8-13,26-27H2,1-2,4H3. The summed E-state index contributed by atoms with van der Waals surface area (Å²) in [4.78, 5) is 0. The van der Waals surface area contributed by atoms with Gasteiger partial charge in [0.15, 0.2) is 0 Å². The molecule has 0 atom stereocenters. The Morgan fingerprint density at radius 2 is 1.05 bits per heavy atom. The molecule has 1 aliphatic rings. The van der Waals surface area contributed by atoms with Crippen LogP contribution in [0.2, 0.25) is 0 Å². The molecular formula is C40H46O. The third kappa shape index (κ3) is 6.05. The molecule has 212 valence electrons. The molecule has 0 unspecified atom stereocenters. The van der Waals surface area contributed by atoms with Gasteiger partial charge >= 0.3 is 0 Å². The van der Waals surface area contributed by atoms with Crippen molar-refractivity contribution in [2.75, 3.05) is 7.11 Å². The molecule has 41 heavy (non-hydrogen) atoms. The van der Waals surface area contributed by atoms with Crippen molar-refractivity contribution < 1.29 is 4.74 Å². The van der Waals surface area contributed by atoms with Crippen LogP contribution in [0.3, 0.4) is 0 Å². The minimum absolute atomic E-state index is 0.0473. The summed E-state index contributed by atoms with van der Waals surface area (Å²) < 4.78 is 5.44. The lowest BCUT2D eigenvalue weighted by Gasteiger charge is -2.33. The predicted octanol–water partition coefficient (Wildman–Crippen LogP) is 11.9. The molecule has 0 saturated heterocycles. The molecule has 1 nitrogen and oxygen atoms in total. The summed E-state index contributed by atoms with van der Waals surface area (Å²) in [6.45, 7) is 8.56. The van der Waals surface area contributed by atoms with Crippen LogP contribution in [0, 0.1) is 0 Å². The third-order valence-corrected chi connectivity index (χ3v) is 9.18. The van der Waals surface area contributed by atoms with E-state index in [0.29, 0.717) is 0 Å². The van der Waals surface area contributed by atoms with Crippen LogP contribution in [0.4, 0.5) is 0 Å². The minimum atomic E-state index is 0.0473. The average Bonchev–Trinajstić information content (AvgIpc) is 3.30. The molecule has 0 fully saturated rings. The number of methoxy groups -OCH3 is 1. The first-order valence-electron chi connectivity index (χ1n) is 15.8. The topological polar surface area (TPSA) is 9.23 Å². The number of unbranched alkanes of at least 4 members (excludes halogenated alkanes) is 6. The van der Waals surface area contributed by atoms with Gasteiger partial charge in [0.2, 0.25) is 0 Å². The lowest BCUT2D eigenvalue weighted by molar-refractivity contribution is 0.401. The van der Waals surface area contributed by atoms with Gasteiger partial charge in [0, 0.05) is 5.41 Å². The van der Waals surface area contributed by atoms with Crippen LogP contribution in [-0.4, -0.2) is 7.11 Å². The highest BCUT2D eigenvalue weighted by Crippen LogP contribution is 2.55. The van der Waals surface area contributed by atoms with Crippen molar-refractivity contribution >= 4 is 6.08 Å². The number of ether oxygens (including phenoxy) is 1. The molecule has 4 aromatic rings. The quantitative estimate of drug-likeness (QED) is 0.144. The summed E-state index contributed by atoms with van der Waals surface area (Å²) in [7, 11) is 1.73. The SMILES string of the molecule is C=Cc1ccc(-c2ccc3c(c2)C(CCCCCC)(CCCCCC)c2cc(-c4ccc(OC)cc4)ccc2-3)cc1. The Labute approximate surface area is 248 Å². The Morgan fingerprint density at radius 1 is 0.585 bits per heavy atom. The number of rotatable bonds is 14. The van der Waals surface area contributed by atoms with E-state index in [1.165, 1.54) is 109 Å². The van der Waals surface area contributed by atoms with Gasteiger partial charge in [0.1, 0.15) is 5.75 Å². The Morgan fingerprint density at radius 3 is 1.49 bits per heavy atom. The first kappa shape index (κ1) is 28.9. The van der Waals surface area contributed by atoms with Crippen LogP contribution in [0.15, 0.2) is 91.5 Å². The van der Waals surface area contributed by atoms with Crippen molar-refractivity contribution in [3.05, 3.63) is 108 Å². The molecule has 0 aliphatic heterocycles. The van der Waals surface area contributed by atoms with E-state index in [2.05, 4.69) is 105 Å². The highest BCUT2D eigenvalue weighted by atomic mass is 16.5. The van der Waals surface area contributed by atoms with Crippen LogP contribution in [-0.2, 0) is 5.41 Å². The van der Waals surface area contributed by atoms with E-state index < -0.39 is 0 Å². The van der Waals surface area contributed by atoms with Crippen LogP contribution < -0.4 is 4.74 Å². The molecule has 1 aliphatic carbocycles. The van der Waals surface area contributed by atoms with Crippen molar-refractivity contribution in [1.29, 1.82) is 0 Å². The highest BCUT2D eigenvalue weighted by molar-refractivity contribution is 5.86. The van der Waals surface area contributed by atoms with Gasteiger partial charge in [-0.1, -0.05) is 139 Å². The molecule has 0 spiro atoms. The van der Waals surface area contributed by atoms with E-state index in [0.717, 1.165) is 11.3 Å². The molecule has 0 amide bonds. The molecular weight excluding hydrogens is 496 g/mol.